The molecular weight excluding hydrogens is 281 g/mol. The average Bonchev–Trinajstić information content (AvgIpc) is 2.48. The summed E-state index contributed by atoms with van der Waals surface area (Å²) in [6.07, 6.45) is 1.51. The molecule has 5 heteroatoms. The van der Waals surface area contributed by atoms with E-state index in [4.69, 9.17) is 9.84 Å². The molecule has 0 saturated carbocycles. The highest BCUT2D eigenvalue weighted by atomic mass is 19.2. The largest absolute Gasteiger partial charge is 0.489 e. The molecule has 0 aliphatic carbocycles. The number of ether oxygens (including phenoxy) is 1. The predicted octanol–water partition coefficient (Wildman–Crippen LogP) is 3.83. The zero-order chi connectivity index (χ0) is 15.4. The normalized spacial score (nSPS) is 10.5. The minimum atomic E-state index is -1.19. The number of rotatable bonds is 5. The first-order chi connectivity index (χ1) is 10.1. The molecule has 2 aromatic carbocycles. The zero-order valence-electron chi connectivity index (χ0n) is 11.1. The highest BCUT2D eigenvalue weighted by Gasteiger charge is 2.17. The van der Waals surface area contributed by atoms with E-state index in [0.29, 0.717) is 0 Å². The van der Waals surface area contributed by atoms with Crippen molar-refractivity contribution < 1.29 is 23.0 Å². The van der Waals surface area contributed by atoms with Crippen molar-refractivity contribution in [3.63, 3.8) is 0 Å². The van der Waals surface area contributed by atoms with E-state index in [1.807, 2.05) is 0 Å². The molecule has 110 valence electrons. The highest BCUT2D eigenvalue weighted by molar-refractivity contribution is 5.66. The third kappa shape index (κ3) is 3.08. The van der Waals surface area contributed by atoms with E-state index in [-0.39, 0.29) is 29.0 Å². The number of aliphatic hydroxyl groups is 1. The number of hydrogen-bond acceptors (Lipinski definition) is 2. The van der Waals surface area contributed by atoms with Crippen LogP contribution in [0.15, 0.2) is 43.0 Å². The molecule has 2 nitrogen and oxygen atoms in total. The van der Waals surface area contributed by atoms with E-state index >= 15 is 0 Å². The SMILES string of the molecule is C=CCOc1ccc(-c2ccc(CO)c(F)c2F)c(F)c1. The molecule has 0 radical (unpaired) electrons. The second kappa shape index (κ2) is 6.45. The summed E-state index contributed by atoms with van der Waals surface area (Å²) >= 11 is 0. The summed E-state index contributed by atoms with van der Waals surface area (Å²) in [5.74, 6) is -2.84. The van der Waals surface area contributed by atoms with E-state index in [1.165, 1.54) is 30.3 Å². The summed E-state index contributed by atoms with van der Waals surface area (Å²) in [5.41, 5.74) is -0.470. The Kier molecular flexibility index (Phi) is 4.65. The van der Waals surface area contributed by atoms with E-state index < -0.39 is 24.1 Å². The van der Waals surface area contributed by atoms with Gasteiger partial charge in [-0.3, -0.25) is 0 Å². The molecule has 0 spiro atoms. The van der Waals surface area contributed by atoms with Crippen molar-refractivity contribution in [2.24, 2.45) is 0 Å². The van der Waals surface area contributed by atoms with Gasteiger partial charge in [0, 0.05) is 22.8 Å². The van der Waals surface area contributed by atoms with Gasteiger partial charge in [0.2, 0.25) is 0 Å². The molecule has 0 aromatic heterocycles. The Morgan fingerprint density at radius 2 is 1.76 bits per heavy atom. The number of halogens is 3. The van der Waals surface area contributed by atoms with Crippen LogP contribution in [0.1, 0.15) is 5.56 Å². The molecule has 0 saturated heterocycles. The van der Waals surface area contributed by atoms with Crippen LogP contribution in [0.2, 0.25) is 0 Å². The summed E-state index contributed by atoms with van der Waals surface area (Å²) < 4.78 is 46.7. The fourth-order valence-electron chi connectivity index (χ4n) is 1.88. The Bertz CT molecular complexity index is 669. The van der Waals surface area contributed by atoms with Gasteiger partial charge in [-0.25, -0.2) is 13.2 Å². The topological polar surface area (TPSA) is 29.5 Å². The van der Waals surface area contributed by atoms with Gasteiger partial charge in [0.05, 0.1) is 6.61 Å². The molecule has 2 rings (SSSR count). The van der Waals surface area contributed by atoms with Crippen molar-refractivity contribution >= 4 is 0 Å². The zero-order valence-corrected chi connectivity index (χ0v) is 11.1. The van der Waals surface area contributed by atoms with Crippen LogP contribution in [0.4, 0.5) is 13.2 Å². The molecule has 0 aliphatic heterocycles. The molecule has 0 fully saturated rings. The van der Waals surface area contributed by atoms with Crippen LogP contribution in [0.3, 0.4) is 0 Å². The summed E-state index contributed by atoms with van der Waals surface area (Å²) in [4.78, 5) is 0. The van der Waals surface area contributed by atoms with Crippen molar-refractivity contribution in [1.82, 2.24) is 0 Å². The first-order valence-corrected chi connectivity index (χ1v) is 6.19. The van der Waals surface area contributed by atoms with Gasteiger partial charge in [-0.2, -0.15) is 0 Å². The molecule has 0 amide bonds. The van der Waals surface area contributed by atoms with Gasteiger partial charge in [0.25, 0.3) is 0 Å². The minimum Gasteiger partial charge on any atom is -0.489 e. The maximum atomic E-state index is 14.0. The molecule has 0 atom stereocenters. The van der Waals surface area contributed by atoms with Gasteiger partial charge in [0.1, 0.15) is 18.2 Å². The number of aliphatic hydroxyl groups excluding tert-OH is 1. The lowest BCUT2D eigenvalue weighted by Gasteiger charge is -2.10. The lowest BCUT2D eigenvalue weighted by atomic mass is 10.0. The Morgan fingerprint density at radius 3 is 2.38 bits per heavy atom. The van der Waals surface area contributed by atoms with Gasteiger partial charge >= 0.3 is 0 Å². The Hall–Kier alpha value is -2.27. The number of benzene rings is 2. The van der Waals surface area contributed by atoms with Crippen molar-refractivity contribution in [2.45, 2.75) is 6.61 Å². The minimum absolute atomic E-state index is 0.0816. The second-order valence-electron chi connectivity index (χ2n) is 4.30. The maximum absolute atomic E-state index is 14.0. The maximum Gasteiger partial charge on any atom is 0.167 e. The molecule has 0 aliphatic rings. The molecule has 0 unspecified atom stereocenters. The van der Waals surface area contributed by atoms with Gasteiger partial charge in [-0.05, 0) is 12.1 Å². The third-order valence-electron chi connectivity index (χ3n) is 2.93. The van der Waals surface area contributed by atoms with Crippen LogP contribution in [0.5, 0.6) is 5.75 Å². The van der Waals surface area contributed by atoms with E-state index in [0.717, 1.165) is 6.07 Å². The van der Waals surface area contributed by atoms with Gasteiger partial charge in [-0.15, -0.1) is 0 Å². The molecular formula is C16H13F3O2. The van der Waals surface area contributed by atoms with Crippen molar-refractivity contribution in [3.8, 4) is 16.9 Å². The average molecular weight is 294 g/mol. The predicted molar refractivity (Wildman–Crippen MR) is 73.4 cm³/mol. The van der Waals surface area contributed by atoms with Gasteiger partial charge < -0.3 is 9.84 Å². The van der Waals surface area contributed by atoms with E-state index in [2.05, 4.69) is 6.58 Å². The Morgan fingerprint density at radius 1 is 1.05 bits per heavy atom. The summed E-state index contributed by atoms with van der Waals surface area (Å²) in [6.45, 7) is 3.06. The van der Waals surface area contributed by atoms with Crippen molar-refractivity contribution in [1.29, 1.82) is 0 Å². The summed E-state index contributed by atoms with van der Waals surface area (Å²) in [6, 6.07) is 6.31. The fourth-order valence-corrected chi connectivity index (χ4v) is 1.88. The fraction of sp³-hybridized carbons (Fsp3) is 0.125. The third-order valence-corrected chi connectivity index (χ3v) is 2.93. The highest BCUT2D eigenvalue weighted by Crippen LogP contribution is 2.30. The molecule has 0 heterocycles. The second-order valence-corrected chi connectivity index (χ2v) is 4.30. The quantitative estimate of drug-likeness (QED) is 0.849. The van der Waals surface area contributed by atoms with Crippen LogP contribution in [-0.4, -0.2) is 11.7 Å². The van der Waals surface area contributed by atoms with Crippen molar-refractivity contribution in [3.05, 3.63) is 66.0 Å². The van der Waals surface area contributed by atoms with E-state index in [9.17, 15) is 13.2 Å². The first kappa shape index (κ1) is 15.1. The van der Waals surface area contributed by atoms with Gasteiger partial charge in [0.15, 0.2) is 11.6 Å². The summed E-state index contributed by atoms with van der Waals surface area (Å²) in [7, 11) is 0. The smallest absolute Gasteiger partial charge is 0.167 e. The van der Waals surface area contributed by atoms with Crippen LogP contribution in [-0.2, 0) is 6.61 Å². The Labute approximate surface area is 120 Å². The lowest BCUT2D eigenvalue weighted by Crippen LogP contribution is -1.99. The molecule has 21 heavy (non-hydrogen) atoms. The van der Waals surface area contributed by atoms with E-state index in [1.54, 1.807) is 0 Å². The van der Waals surface area contributed by atoms with Crippen LogP contribution >= 0.6 is 0 Å². The lowest BCUT2D eigenvalue weighted by molar-refractivity contribution is 0.273. The van der Waals surface area contributed by atoms with Crippen molar-refractivity contribution in [2.75, 3.05) is 6.61 Å². The molecule has 2 aromatic rings. The monoisotopic (exact) mass is 294 g/mol. The van der Waals surface area contributed by atoms with Gasteiger partial charge in [-0.1, -0.05) is 24.8 Å². The molecule has 0 bridgehead atoms. The summed E-state index contributed by atoms with van der Waals surface area (Å²) in [5, 5.41) is 8.87. The standard InChI is InChI=1S/C16H13F3O2/c1-2-7-21-11-4-6-12(14(17)8-11)13-5-3-10(9-20)15(18)16(13)19/h2-6,8,20H,1,7,9H2. The molecule has 1 N–H and O–H groups in total. The van der Waals surface area contributed by atoms with Crippen LogP contribution < -0.4 is 4.74 Å². The van der Waals surface area contributed by atoms with Crippen LogP contribution in [0, 0.1) is 17.5 Å². The number of hydrogen-bond donors (Lipinski definition) is 1. The Balaban J connectivity index is 2.43. The first-order valence-electron chi connectivity index (χ1n) is 6.19. The van der Waals surface area contributed by atoms with Crippen LogP contribution in [0.25, 0.3) is 11.1 Å².